The maximum absolute atomic E-state index is 13.6. The summed E-state index contributed by atoms with van der Waals surface area (Å²) < 4.78 is 5.40. The van der Waals surface area contributed by atoms with Crippen molar-refractivity contribution in [1.82, 2.24) is 17.0 Å². The van der Waals surface area contributed by atoms with Crippen LogP contribution in [0, 0.1) is 6.92 Å². The number of hydrogen-bond acceptors (Lipinski definition) is 6. The molecule has 0 N–H and O–H groups in total. The smallest absolute Gasteiger partial charge is 0.255 e. The van der Waals surface area contributed by atoms with Gasteiger partial charge in [-0.3, -0.25) is 9.59 Å². The Bertz CT molecular complexity index is 2060. The first kappa shape index (κ1) is 33.4. The summed E-state index contributed by atoms with van der Waals surface area (Å²) in [5, 5.41) is 0. The predicted octanol–water partition coefficient (Wildman–Crippen LogP) is 5.75. The summed E-state index contributed by atoms with van der Waals surface area (Å²) in [6, 6.07) is 13.7. The number of hydrogen-bond donors (Lipinski definition) is 0. The lowest BCUT2D eigenvalue weighted by Gasteiger charge is -2.29. The number of rotatable bonds is 13. The molecule has 2 aromatic carbocycles. The van der Waals surface area contributed by atoms with Gasteiger partial charge < -0.3 is 0 Å². The van der Waals surface area contributed by atoms with E-state index in [9.17, 15) is 19.2 Å². The van der Waals surface area contributed by atoms with Crippen LogP contribution in [0.15, 0.2) is 123 Å². The molecule has 8 nitrogen and oxygen atoms in total. The molecule has 0 fully saturated rings. The third-order valence-corrected chi connectivity index (χ3v) is 9.47. The topological polar surface area (TPSA) is 88.0 Å². The van der Waals surface area contributed by atoms with E-state index in [1.807, 2.05) is 62.4 Å². The zero-order chi connectivity index (χ0) is 32.9. The molecule has 0 aliphatic carbocycles. The fraction of sp³-hybridized carbons (Fsp3) is 0.257. The van der Waals surface area contributed by atoms with E-state index >= 15 is 0 Å². The zero-order valence-electron chi connectivity index (χ0n) is 26.1. The molecule has 4 aromatic rings. The van der Waals surface area contributed by atoms with Crippen molar-refractivity contribution >= 4 is 23.1 Å². The lowest BCUT2D eigenvalue weighted by atomic mass is 9.77. The quantitative estimate of drug-likeness (QED) is 0.174. The van der Waals surface area contributed by atoms with Gasteiger partial charge >= 0.3 is 21.1 Å². The second-order valence-electron chi connectivity index (χ2n) is 11.4. The van der Waals surface area contributed by atoms with Crippen LogP contribution in [0.1, 0.15) is 43.0 Å². The summed E-state index contributed by atoms with van der Waals surface area (Å²) >= 11 is 1.78. The SMILES string of the molecule is C=C/C=C(\C=C)Cn1c(=O)sn(-c2c(C)cccc2C(C)(C)Cc2cccc(Cn3c(=O)sn(C/C(C=C)=C/C)c3=O)c2)c1=O. The lowest BCUT2D eigenvalue weighted by Crippen LogP contribution is -2.31. The van der Waals surface area contributed by atoms with E-state index in [2.05, 4.69) is 33.6 Å². The molecule has 0 amide bonds. The molecule has 0 aliphatic heterocycles. The van der Waals surface area contributed by atoms with E-state index in [1.54, 1.807) is 24.3 Å². The van der Waals surface area contributed by atoms with Gasteiger partial charge in [0.15, 0.2) is 0 Å². The van der Waals surface area contributed by atoms with E-state index in [0.29, 0.717) is 24.2 Å². The van der Waals surface area contributed by atoms with Gasteiger partial charge in [0.25, 0.3) is 0 Å². The fourth-order valence-electron chi connectivity index (χ4n) is 5.31. The molecule has 234 valence electrons. The Balaban J connectivity index is 1.67. The van der Waals surface area contributed by atoms with Crippen LogP contribution in [-0.4, -0.2) is 17.0 Å². The van der Waals surface area contributed by atoms with Crippen LogP contribution in [0.25, 0.3) is 5.69 Å². The van der Waals surface area contributed by atoms with Crippen LogP contribution in [0.4, 0.5) is 0 Å². The Morgan fingerprint density at radius 1 is 0.844 bits per heavy atom. The average molecular weight is 643 g/mol. The summed E-state index contributed by atoms with van der Waals surface area (Å²) in [7, 11) is 0. The van der Waals surface area contributed by atoms with Gasteiger partial charge in [-0.1, -0.05) is 106 Å². The number of para-hydroxylation sites is 1. The summed E-state index contributed by atoms with van der Waals surface area (Å²) in [5.74, 6) is 0. The molecule has 0 unspecified atom stereocenters. The third-order valence-electron chi connectivity index (χ3n) is 7.69. The predicted molar refractivity (Wildman–Crippen MR) is 186 cm³/mol. The van der Waals surface area contributed by atoms with E-state index in [0.717, 1.165) is 50.9 Å². The molecule has 2 aromatic heterocycles. The van der Waals surface area contributed by atoms with Gasteiger partial charge in [-0.05, 0) is 59.1 Å². The minimum Gasteiger partial charge on any atom is -0.255 e. The fourth-order valence-corrected chi connectivity index (χ4v) is 7.04. The molecule has 0 saturated heterocycles. The Labute approximate surface area is 270 Å². The van der Waals surface area contributed by atoms with Gasteiger partial charge in [0.2, 0.25) is 0 Å². The van der Waals surface area contributed by atoms with Gasteiger partial charge in [-0.25, -0.2) is 26.6 Å². The van der Waals surface area contributed by atoms with Crippen LogP contribution in [0.3, 0.4) is 0 Å². The second-order valence-corrected chi connectivity index (χ2v) is 13.3. The van der Waals surface area contributed by atoms with E-state index in [-0.39, 0.29) is 28.5 Å². The molecule has 0 spiro atoms. The second kappa shape index (κ2) is 14.0. The van der Waals surface area contributed by atoms with Crippen LogP contribution >= 0.6 is 23.1 Å². The van der Waals surface area contributed by atoms with Crippen molar-refractivity contribution in [3.63, 3.8) is 0 Å². The first-order valence-electron chi connectivity index (χ1n) is 14.5. The summed E-state index contributed by atoms with van der Waals surface area (Å²) in [6.07, 6.45) is 9.09. The van der Waals surface area contributed by atoms with Crippen molar-refractivity contribution in [2.75, 3.05) is 0 Å². The van der Waals surface area contributed by atoms with E-state index in [1.165, 1.54) is 17.0 Å². The Morgan fingerprint density at radius 3 is 2.18 bits per heavy atom. The van der Waals surface area contributed by atoms with E-state index in [4.69, 9.17) is 0 Å². The van der Waals surface area contributed by atoms with Crippen molar-refractivity contribution < 1.29 is 0 Å². The van der Waals surface area contributed by atoms with Gasteiger partial charge in [0.05, 0.1) is 25.3 Å². The van der Waals surface area contributed by atoms with Gasteiger partial charge in [0.1, 0.15) is 0 Å². The van der Waals surface area contributed by atoms with Crippen molar-refractivity contribution in [2.45, 2.75) is 59.2 Å². The number of aryl methyl sites for hydroxylation is 1. The first-order chi connectivity index (χ1) is 21.4. The molecule has 0 bridgehead atoms. The Hall–Kier alpha value is -4.54. The normalized spacial score (nSPS) is 12.4. The monoisotopic (exact) mass is 642 g/mol. The number of allylic oxidation sites excluding steroid dienone is 7. The van der Waals surface area contributed by atoms with Crippen LogP contribution < -0.4 is 21.1 Å². The molecular formula is C35H38N4O4S2. The van der Waals surface area contributed by atoms with Crippen LogP contribution in [0.5, 0.6) is 0 Å². The minimum absolute atomic E-state index is 0.108. The van der Waals surface area contributed by atoms with Crippen molar-refractivity contribution in [2.24, 2.45) is 0 Å². The van der Waals surface area contributed by atoms with Crippen LogP contribution in [-0.2, 0) is 31.5 Å². The van der Waals surface area contributed by atoms with Gasteiger partial charge in [-0.15, -0.1) is 0 Å². The van der Waals surface area contributed by atoms with Crippen molar-refractivity contribution in [3.8, 4) is 5.69 Å². The van der Waals surface area contributed by atoms with E-state index < -0.39 is 11.1 Å². The van der Waals surface area contributed by atoms with Crippen molar-refractivity contribution in [1.29, 1.82) is 0 Å². The first-order valence-corrected chi connectivity index (χ1v) is 16.0. The summed E-state index contributed by atoms with van der Waals surface area (Å²) in [4.78, 5) is 51.7. The molecule has 0 radical (unpaired) electrons. The number of nitrogens with zero attached hydrogens (tertiary/aromatic N) is 4. The molecule has 10 heteroatoms. The van der Waals surface area contributed by atoms with Gasteiger partial charge in [-0.2, -0.15) is 0 Å². The Kier molecular flexibility index (Phi) is 10.4. The zero-order valence-corrected chi connectivity index (χ0v) is 27.7. The standard InChI is InChI=1S/C35H38N4O4S2/c1-8-14-26(11-4)21-37-32(41)39(45-34(37)43)30-24(5)15-12-18-29(30)35(6,7)20-27-16-13-17-28(19-27)22-36-31(40)38(44-33(36)42)23-25(9-2)10-3/h8-19H,1-2,4,20-23H2,3,5-7H3/b25-10+,26-14+. The molecule has 4 rings (SSSR count). The largest absolute Gasteiger partial charge is 0.346 e. The van der Waals surface area contributed by atoms with Crippen molar-refractivity contribution in [3.05, 3.63) is 166 Å². The third kappa shape index (κ3) is 7.24. The maximum Gasteiger partial charge on any atom is 0.346 e. The number of benzene rings is 2. The lowest BCUT2D eigenvalue weighted by molar-refractivity contribution is 0.519. The molecule has 0 aliphatic rings. The highest BCUT2D eigenvalue weighted by atomic mass is 32.1. The van der Waals surface area contributed by atoms with Crippen LogP contribution in [0.2, 0.25) is 0 Å². The number of aromatic nitrogens is 4. The summed E-state index contributed by atoms with van der Waals surface area (Å²) in [6.45, 7) is 19.8. The highest BCUT2D eigenvalue weighted by molar-refractivity contribution is 7.04. The molecule has 2 heterocycles. The molecule has 0 saturated carbocycles. The highest BCUT2D eigenvalue weighted by Crippen LogP contribution is 2.34. The molecule has 45 heavy (non-hydrogen) atoms. The van der Waals surface area contributed by atoms with Gasteiger partial charge in [0, 0.05) is 23.1 Å². The molecule has 0 atom stereocenters. The summed E-state index contributed by atoms with van der Waals surface area (Å²) in [5.41, 5.74) is 4.71. The molecular weight excluding hydrogens is 605 g/mol. The maximum atomic E-state index is 13.6. The Morgan fingerprint density at radius 2 is 1.51 bits per heavy atom. The highest BCUT2D eigenvalue weighted by Gasteiger charge is 2.28. The average Bonchev–Trinajstić information content (AvgIpc) is 3.43. The minimum atomic E-state index is -0.453.